The van der Waals surface area contributed by atoms with Crippen molar-refractivity contribution in [3.05, 3.63) is 28.7 Å². The lowest BCUT2D eigenvalue weighted by atomic mass is 10.2. The molecule has 1 heterocycles. The van der Waals surface area contributed by atoms with E-state index in [1.165, 1.54) is 6.07 Å². The molecule has 1 saturated heterocycles. The van der Waals surface area contributed by atoms with Crippen molar-refractivity contribution in [3.8, 4) is 0 Å². The number of aryl methyl sites for hydroxylation is 1. The van der Waals surface area contributed by atoms with Crippen LogP contribution in [0.4, 0.5) is 11.4 Å². The summed E-state index contributed by atoms with van der Waals surface area (Å²) < 4.78 is 0. The number of nitroso groups, excluding NO2 is 1. The van der Waals surface area contributed by atoms with Crippen LogP contribution in [0.25, 0.3) is 0 Å². The zero-order chi connectivity index (χ0) is 12.6. The van der Waals surface area contributed by atoms with E-state index in [4.69, 9.17) is 5.73 Å². The van der Waals surface area contributed by atoms with E-state index in [9.17, 15) is 14.5 Å². The lowest BCUT2D eigenvalue weighted by molar-refractivity contribution is -0.600. The van der Waals surface area contributed by atoms with E-state index < -0.39 is 11.8 Å². The Morgan fingerprint density at radius 2 is 2.12 bits per heavy atom. The number of benzene rings is 1. The molecule has 0 aliphatic carbocycles. The van der Waals surface area contributed by atoms with Crippen molar-refractivity contribution >= 4 is 23.2 Å². The van der Waals surface area contributed by atoms with Crippen molar-refractivity contribution < 1.29 is 14.6 Å². The highest BCUT2D eigenvalue weighted by Crippen LogP contribution is 2.22. The molecule has 17 heavy (non-hydrogen) atoms. The van der Waals surface area contributed by atoms with Crippen LogP contribution in [0.1, 0.15) is 12.0 Å². The standard InChI is InChI=1S/C10H10N4O3/c1-6-2-3-7(4-8(6)11)13-10(16)5-9(15)12-14(13)17/h2-4H,5,11H2,1H3/p+1. The molecule has 1 fully saturated rings. The zero-order valence-corrected chi connectivity index (χ0v) is 9.14. The first kappa shape index (κ1) is 11.1. The molecule has 2 rings (SSSR count). The number of hydrazine groups is 2. The van der Waals surface area contributed by atoms with Crippen LogP contribution in [0.5, 0.6) is 0 Å². The molecule has 0 aromatic heterocycles. The molecule has 1 aliphatic heterocycles. The number of nitrogens with zero attached hydrogens (tertiary/aromatic N) is 2. The van der Waals surface area contributed by atoms with E-state index in [2.05, 4.69) is 0 Å². The molecular formula is C10H11N4O3+. The van der Waals surface area contributed by atoms with E-state index in [0.29, 0.717) is 11.4 Å². The van der Waals surface area contributed by atoms with Gasteiger partial charge in [0.25, 0.3) is 10.9 Å². The summed E-state index contributed by atoms with van der Waals surface area (Å²) >= 11 is 0. The van der Waals surface area contributed by atoms with E-state index in [0.717, 1.165) is 10.6 Å². The fraction of sp³-hybridized carbons (Fsp3) is 0.200. The van der Waals surface area contributed by atoms with Gasteiger partial charge >= 0.3 is 5.91 Å². The van der Waals surface area contributed by atoms with Gasteiger partial charge in [0.1, 0.15) is 12.1 Å². The van der Waals surface area contributed by atoms with Crippen LogP contribution in [0, 0.1) is 11.8 Å². The van der Waals surface area contributed by atoms with E-state index in [1.54, 1.807) is 12.1 Å². The Kier molecular flexibility index (Phi) is 2.51. The number of anilines is 2. The maximum atomic E-state index is 11.6. The number of carbonyl (C=O) groups is 2. The highest BCUT2D eigenvalue weighted by Gasteiger charge is 2.39. The molecule has 0 spiro atoms. The van der Waals surface area contributed by atoms with E-state index in [1.807, 2.05) is 12.3 Å². The van der Waals surface area contributed by atoms with E-state index in [-0.39, 0.29) is 11.4 Å². The van der Waals surface area contributed by atoms with Gasteiger partial charge in [-0.3, -0.25) is 9.59 Å². The highest BCUT2D eigenvalue weighted by atomic mass is 16.4. The number of nitrogens with two attached hydrogens (primary N) is 1. The number of carbonyl (C=O) groups excluding carboxylic acids is 2. The van der Waals surface area contributed by atoms with Gasteiger partial charge in [-0.05, 0) is 29.6 Å². The maximum absolute atomic E-state index is 11.6. The summed E-state index contributed by atoms with van der Waals surface area (Å²) in [5.41, 5.74) is 9.34. The monoisotopic (exact) mass is 235 g/mol. The number of nitrogens with one attached hydrogen (secondary N) is 1. The predicted molar refractivity (Wildman–Crippen MR) is 59.5 cm³/mol. The van der Waals surface area contributed by atoms with Gasteiger partial charge in [0.05, 0.1) is 4.91 Å². The summed E-state index contributed by atoms with van der Waals surface area (Å²) in [5.74, 6) is -1.21. The zero-order valence-electron chi connectivity index (χ0n) is 9.14. The largest absolute Gasteiger partial charge is 0.398 e. The van der Waals surface area contributed by atoms with Crippen LogP contribution >= 0.6 is 0 Å². The van der Waals surface area contributed by atoms with Gasteiger partial charge in [-0.25, -0.2) is 0 Å². The number of rotatable bonds is 1. The van der Waals surface area contributed by atoms with Gasteiger partial charge < -0.3 is 5.73 Å². The van der Waals surface area contributed by atoms with Crippen molar-refractivity contribution in [1.29, 1.82) is 0 Å². The van der Waals surface area contributed by atoms with Crippen LogP contribution in [-0.2, 0) is 9.59 Å². The molecule has 1 aromatic rings. The first-order valence-electron chi connectivity index (χ1n) is 4.95. The Balaban J connectivity index is 2.38. The Bertz CT molecular complexity index is 506. The second-order valence-electron chi connectivity index (χ2n) is 3.73. The average Bonchev–Trinajstić information content (AvgIpc) is 2.21. The minimum Gasteiger partial charge on any atom is -0.398 e. The summed E-state index contributed by atoms with van der Waals surface area (Å²) in [6, 6.07) is 4.80. The summed E-state index contributed by atoms with van der Waals surface area (Å²) in [5, 5.41) is 0.831. The van der Waals surface area contributed by atoms with Crippen LogP contribution in [0.15, 0.2) is 18.2 Å². The molecule has 2 amide bonds. The highest BCUT2D eigenvalue weighted by molar-refractivity contribution is 6.04. The van der Waals surface area contributed by atoms with Crippen molar-refractivity contribution in [2.45, 2.75) is 13.3 Å². The quantitative estimate of drug-likeness (QED) is 0.408. The number of nitrogen functional groups attached to an aromatic ring is 1. The first-order valence-corrected chi connectivity index (χ1v) is 4.95. The van der Waals surface area contributed by atoms with Crippen LogP contribution < -0.4 is 16.2 Å². The Hall–Kier alpha value is -2.44. The number of hydrogen-bond donors (Lipinski definition) is 2. The molecule has 1 aromatic carbocycles. The van der Waals surface area contributed by atoms with Crippen molar-refractivity contribution in [2.24, 2.45) is 0 Å². The average molecular weight is 235 g/mol. The molecule has 3 N–H and O–H groups in total. The molecule has 88 valence electrons. The van der Waals surface area contributed by atoms with Crippen LogP contribution in [-0.4, -0.2) is 16.8 Å². The van der Waals surface area contributed by atoms with Crippen LogP contribution in [0.2, 0.25) is 0 Å². The molecule has 0 unspecified atom stereocenters. The van der Waals surface area contributed by atoms with Crippen LogP contribution in [0.3, 0.4) is 0 Å². The fourth-order valence-corrected chi connectivity index (χ4v) is 1.52. The summed E-state index contributed by atoms with van der Waals surface area (Å²) in [6.07, 6.45) is -0.355. The Morgan fingerprint density at radius 3 is 2.71 bits per heavy atom. The van der Waals surface area contributed by atoms with Gasteiger partial charge in [-0.15, -0.1) is 0 Å². The minimum atomic E-state index is -0.624. The molecule has 1 aliphatic rings. The molecule has 0 bridgehead atoms. The summed E-state index contributed by atoms with van der Waals surface area (Å²) in [4.78, 5) is 34.1. The number of hydrogen-bond acceptors (Lipinski definition) is 4. The molecule has 0 radical (unpaired) electrons. The lowest BCUT2D eigenvalue weighted by Gasteiger charge is -2.15. The van der Waals surface area contributed by atoms with Gasteiger partial charge in [0, 0.05) is 5.69 Å². The third-order valence-electron chi connectivity index (χ3n) is 2.46. The molecule has 0 atom stereocenters. The van der Waals surface area contributed by atoms with Gasteiger partial charge in [0.15, 0.2) is 0 Å². The van der Waals surface area contributed by atoms with Gasteiger partial charge in [-0.1, -0.05) is 11.5 Å². The smallest absolute Gasteiger partial charge is 0.300 e. The van der Waals surface area contributed by atoms with E-state index >= 15 is 0 Å². The Labute approximate surface area is 96.7 Å². The first-order chi connectivity index (χ1) is 7.99. The minimum absolute atomic E-state index is 0.109. The fourth-order valence-electron chi connectivity index (χ4n) is 1.52. The third-order valence-corrected chi connectivity index (χ3v) is 2.46. The SMILES string of the molecule is Cc1ccc(N2C(=O)CC(=O)N[N+]2=O)cc1N. The molecular weight excluding hydrogens is 224 g/mol. The van der Waals surface area contributed by atoms with Crippen molar-refractivity contribution in [2.75, 3.05) is 10.7 Å². The molecule has 0 saturated carbocycles. The third kappa shape index (κ3) is 1.94. The van der Waals surface area contributed by atoms with Gasteiger partial charge in [-0.2, -0.15) is 0 Å². The van der Waals surface area contributed by atoms with Crippen molar-refractivity contribution in [3.63, 3.8) is 0 Å². The Morgan fingerprint density at radius 1 is 1.41 bits per heavy atom. The summed E-state index contributed by atoms with van der Waals surface area (Å²) in [7, 11) is 0. The summed E-state index contributed by atoms with van der Waals surface area (Å²) in [6.45, 7) is 1.81. The topological polar surface area (TPSA) is 95.5 Å². The normalized spacial score (nSPS) is 16.1. The molecule has 7 heteroatoms. The second-order valence-corrected chi connectivity index (χ2v) is 3.73. The van der Waals surface area contributed by atoms with Crippen molar-refractivity contribution in [1.82, 2.24) is 5.43 Å². The molecule has 7 nitrogen and oxygen atoms in total. The second kappa shape index (κ2) is 3.85. The lowest BCUT2D eigenvalue weighted by Crippen LogP contribution is -2.54. The van der Waals surface area contributed by atoms with Gasteiger partial charge in [0.2, 0.25) is 0 Å². The predicted octanol–water partition coefficient (Wildman–Crippen LogP) is 0.0390. The maximum Gasteiger partial charge on any atom is 0.300 e. The number of amides is 2.